The Balaban J connectivity index is 1.57. The van der Waals surface area contributed by atoms with E-state index in [1.54, 1.807) is 18.2 Å². The number of anilines is 4. The molecule has 0 radical (unpaired) electrons. The average molecular weight is 547 g/mol. The summed E-state index contributed by atoms with van der Waals surface area (Å²) in [5, 5.41) is 6.44. The summed E-state index contributed by atoms with van der Waals surface area (Å²) in [6, 6.07) is 12.1. The molecule has 0 amide bonds. The number of aromatic nitrogens is 2. The van der Waals surface area contributed by atoms with Gasteiger partial charge in [-0.05, 0) is 44.7 Å². The summed E-state index contributed by atoms with van der Waals surface area (Å²) in [5.74, 6) is 1.84. The van der Waals surface area contributed by atoms with E-state index in [-0.39, 0.29) is 27.8 Å². The Labute approximate surface area is 222 Å². The molecule has 37 heavy (non-hydrogen) atoms. The molecule has 2 aromatic carbocycles. The molecule has 1 atom stereocenters. The number of benzene rings is 2. The zero-order chi connectivity index (χ0) is 26.6. The van der Waals surface area contributed by atoms with Crippen LogP contribution < -0.4 is 20.1 Å². The van der Waals surface area contributed by atoms with Crippen molar-refractivity contribution in [1.29, 1.82) is 0 Å². The van der Waals surface area contributed by atoms with Gasteiger partial charge < -0.3 is 25.0 Å². The molecule has 1 aliphatic rings. The van der Waals surface area contributed by atoms with Gasteiger partial charge in [-0.1, -0.05) is 23.7 Å². The van der Waals surface area contributed by atoms with Crippen LogP contribution in [-0.4, -0.2) is 74.5 Å². The molecule has 0 unspecified atom stereocenters. The quantitative estimate of drug-likeness (QED) is 0.383. The maximum Gasteiger partial charge on any atom is 0.244 e. The van der Waals surface area contributed by atoms with Crippen LogP contribution in [0.25, 0.3) is 0 Å². The topological polar surface area (TPSA) is 109 Å². The fourth-order valence-corrected chi connectivity index (χ4v) is 5.07. The van der Waals surface area contributed by atoms with E-state index in [0.29, 0.717) is 23.7 Å². The predicted octanol–water partition coefficient (Wildman–Crippen LogP) is 4.35. The lowest BCUT2D eigenvalue weighted by atomic mass is 10.2. The highest BCUT2D eigenvalue weighted by Crippen LogP contribution is 2.34. The van der Waals surface area contributed by atoms with Gasteiger partial charge in [0, 0.05) is 33.3 Å². The van der Waals surface area contributed by atoms with Gasteiger partial charge in [-0.3, -0.25) is 0 Å². The molecule has 10 nitrogen and oxygen atoms in total. The van der Waals surface area contributed by atoms with Crippen LogP contribution >= 0.6 is 11.6 Å². The number of hydrogen-bond acceptors (Lipinski definition) is 9. The first kappa shape index (κ1) is 26.9. The van der Waals surface area contributed by atoms with Gasteiger partial charge in [-0.15, -0.1) is 0 Å². The first-order chi connectivity index (χ1) is 17.7. The average Bonchev–Trinajstić information content (AvgIpc) is 3.27. The largest absolute Gasteiger partial charge is 0.492 e. The number of likely N-dealkylation sites (N-methyl/N-ethyl adjacent to an activating group) is 1. The summed E-state index contributed by atoms with van der Waals surface area (Å²) in [6.45, 7) is 4.27. The highest BCUT2D eigenvalue weighted by molar-refractivity contribution is 7.89. The van der Waals surface area contributed by atoms with Crippen LogP contribution in [0.4, 0.5) is 23.1 Å². The molecule has 4 rings (SSSR count). The van der Waals surface area contributed by atoms with Gasteiger partial charge in [0.1, 0.15) is 27.5 Å². The molecule has 2 N–H and O–H groups in total. The van der Waals surface area contributed by atoms with Crippen molar-refractivity contribution in [1.82, 2.24) is 19.2 Å². The van der Waals surface area contributed by atoms with Gasteiger partial charge in [0.25, 0.3) is 0 Å². The third kappa shape index (κ3) is 6.42. The van der Waals surface area contributed by atoms with Gasteiger partial charge in [-0.25, -0.2) is 17.7 Å². The Kier molecular flexibility index (Phi) is 8.38. The van der Waals surface area contributed by atoms with Crippen LogP contribution in [0, 0.1) is 0 Å². The number of sulfonamides is 1. The van der Waals surface area contributed by atoms with E-state index in [2.05, 4.69) is 32.5 Å². The van der Waals surface area contributed by atoms with Crippen molar-refractivity contribution in [2.24, 2.45) is 0 Å². The summed E-state index contributed by atoms with van der Waals surface area (Å²) in [7, 11) is 1.34. The molecule has 2 heterocycles. The van der Waals surface area contributed by atoms with E-state index in [0.717, 1.165) is 29.6 Å². The highest BCUT2D eigenvalue weighted by Gasteiger charge is 2.23. The van der Waals surface area contributed by atoms with Crippen LogP contribution in [0.5, 0.6) is 11.5 Å². The van der Waals surface area contributed by atoms with E-state index < -0.39 is 10.0 Å². The molecule has 3 aromatic rings. The van der Waals surface area contributed by atoms with Crippen LogP contribution in [0.2, 0.25) is 5.02 Å². The van der Waals surface area contributed by atoms with E-state index in [1.807, 2.05) is 25.1 Å². The highest BCUT2D eigenvalue weighted by atomic mass is 35.5. The monoisotopic (exact) mass is 546 g/mol. The number of likely N-dealkylation sites (tertiary alicyclic amines) is 1. The summed E-state index contributed by atoms with van der Waals surface area (Å²) < 4.78 is 38.7. The number of rotatable bonds is 10. The predicted molar refractivity (Wildman–Crippen MR) is 145 cm³/mol. The Bertz CT molecular complexity index is 1350. The lowest BCUT2D eigenvalue weighted by molar-refractivity contribution is 0.207. The summed E-state index contributed by atoms with van der Waals surface area (Å²) in [5.41, 5.74) is 0.999. The molecule has 1 saturated heterocycles. The van der Waals surface area contributed by atoms with Crippen molar-refractivity contribution >= 4 is 44.8 Å². The van der Waals surface area contributed by atoms with Crippen LogP contribution in [0.3, 0.4) is 0 Å². The van der Waals surface area contributed by atoms with Crippen molar-refractivity contribution in [2.45, 2.75) is 24.3 Å². The van der Waals surface area contributed by atoms with E-state index in [9.17, 15) is 8.42 Å². The van der Waals surface area contributed by atoms with E-state index in [1.165, 1.54) is 26.4 Å². The van der Waals surface area contributed by atoms with Gasteiger partial charge in [-0.2, -0.15) is 4.98 Å². The Morgan fingerprint density at radius 1 is 1.16 bits per heavy atom. The molecule has 1 aromatic heterocycles. The molecular formula is C25H31ClN6O4S. The van der Waals surface area contributed by atoms with Crippen molar-refractivity contribution in [3.05, 3.63) is 53.7 Å². The molecule has 12 heteroatoms. The number of halogens is 1. The van der Waals surface area contributed by atoms with Gasteiger partial charge in [0.05, 0.1) is 24.2 Å². The number of nitrogens with zero attached hydrogens (tertiary/aromatic N) is 4. The van der Waals surface area contributed by atoms with E-state index in [4.69, 9.17) is 21.1 Å². The minimum atomic E-state index is -3.69. The molecular weight excluding hydrogens is 516 g/mol. The number of para-hydroxylation sites is 1. The van der Waals surface area contributed by atoms with Crippen LogP contribution in [-0.2, 0) is 10.0 Å². The molecule has 0 saturated carbocycles. The van der Waals surface area contributed by atoms with Crippen molar-refractivity contribution in [3.63, 3.8) is 0 Å². The zero-order valence-electron chi connectivity index (χ0n) is 21.2. The Hall–Kier alpha value is -3.12. The molecule has 0 aliphatic carbocycles. The third-order valence-corrected chi connectivity index (χ3v) is 7.94. The van der Waals surface area contributed by atoms with E-state index >= 15 is 0 Å². The van der Waals surface area contributed by atoms with Gasteiger partial charge in [0.15, 0.2) is 5.82 Å². The molecule has 1 aliphatic heterocycles. The zero-order valence-corrected chi connectivity index (χ0v) is 22.8. The van der Waals surface area contributed by atoms with Crippen molar-refractivity contribution in [3.8, 4) is 11.5 Å². The first-order valence-corrected chi connectivity index (χ1v) is 13.7. The minimum Gasteiger partial charge on any atom is -0.492 e. The Morgan fingerprint density at radius 3 is 2.65 bits per heavy atom. The number of nitrogens with one attached hydrogen (secondary N) is 2. The summed E-state index contributed by atoms with van der Waals surface area (Å²) in [4.78, 5) is 11.1. The maximum absolute atomic E-state index is 12.8. The van der Waals surface area contributed by atoms with Crippen LogP contribution in [0.1, 0.15) is 13.3 Å². The van der Waals surface area contributed by atoms with Gasteiger partial charge in [0.2, 0.25) is 16.0 Å². The molecule has 1 fully saturated rings. The van der Waals surface area contributed by atoms with Crippen molar-refractivity contribution < 1.29 is 17.9 Å². The molecule has 0 spiro atoms. The normalized spacial score (nSPS) is 16.1. The second-order valence-electron chi connectivity index (χ2n) is 8.81. The Morgan fingerprint density at radius 2 is 1.95 bits per heavy atom. The second kappa shape index (κ2) is 11.5. The SMILES string of the molecule is CCOc1cc(O[C@H]2CCN(C)C2)ccc1Nc1ncc(Cl)c(Nc2ccccc2S(=O)(=O)N(C)C)n1. The second-order valence-corrected chi connectivity index (χ2v) is 11.3. The van der Waals surface area contributed by atoms with Gasteiger partial charge >= 0.3 is 0 Å². The summed E-state index contributed by atoms with van der Waals surface area (Å²) in [6.07, 6.45) is 2.57. The number of ether oxygens (including phenoxy) is 2. The smallest absolute Gasteiger partial charge is 0.244 e. The first-order valence-electron chi connectivity index (χ1n) is 11.9. The summed E-state index contributed by atoms with van der Waals surface area (Å²) >= 11 is 6.35. The van der Waals surface area contributed by atoms with Crippen LogP contribution in [0.15, 0.2) is 53.6 Å². The maximum atomic E-state index is 12.8. The fourth-order valence-electron chi connectivity index (χ4n) is 3.89. The lowest BCUT2D eigenvalue weighted by Crippen LogP contribution is -2.23. The van der Waals surface area contributed by atoms with Crippen molar-refractivity contribution in [2.75, 3.05) is 51.5 Å². The standard InChI is InChI=1S/C25H31ClN6O4S/c1-5-35-22-14-17(36-18-12-13-32(4)16-18)10-11-20(22)29-25-27-15-19(26)24(30-25)28-21-8-6-7-9-23(21)37(33,34)31(2)3/h6-11,14-15,18H,5,12-13,16H2,1-4H3,(H2,27,28,29,30)/t18-/m0/s1. The molecule has 198 valence electrons. The number of hydrogen-bond donors (Lipinski definition) is 2. The minimum absolute atomic E-state index is 0.104. The fraction of sp³-hybridized carbons (Fsp3) is 0.360. The lowest BCUT2D eigenvalue weighted by Gasteiger charge is -2.18. The molecule has 0 bridgehead atoms. The third-order valence-electron chi connectivity index (χ3n) is 5.79.